The van der Waals surface area contributed by atoms with Crippen molar-refractivity contribution in [2.45, 2.75) is 12.6 Å². The van der Waals surface area contributed by atoms with Gasteiger partial charge in [-0.3, -0.25) is 0 Å². The van der Waals surface area contributed by atoms with Gasteiger partial charge < -0.3 is 14.9 Å². The highest BCUT2D eigenvalue weighted by Gasteiger charge is 2.27. The molecule has 0 unspecified atom stereocenters. The molecule has 0 aromatic carbocycles. The summed E-state index contributed by atoms with van der Waals surface area (Å²) in [5, 5.41) is 8.93. The maximum Gasteiger partial charge on any atom is 0.335 e. The molecule has 0 aliphatic heterocycles. The van der Waals surface area contributed by atoms with Crippen molar-refractivity contribution in [3.8, 4) is 0 Å². The lowest BCUT2D eigenvalue weighted by molar-refractivity contribution is -0.870. The molecule has 0 bridgehead atoms. The van der Waals surface area contributed by atoms with E-state index >= 15 is 0 Å². The Morgan fingerprint density at radius 1 is 0.864 bits per heavy atom. The molecule has 0 aromatic heterocycles. The minimum atomic E-state index is -5.52. The van der Waals surface area contributed by atoms with Gasteiger partial charge in [0.1, 0.15) is 6.54 Å². The Morgan fingerprint density at radius 3 is 1.09 bits per heavy atom. The maximum atomic E-state index is 10.7. The number of alkyl halides is 6. The van der Waals surface area contributed by atoms with Crippen LogP contribution < -0.4 is 0 Å². The van der Waals surface area contributed by atoms with Crippen molar-refractivity contribution in [3.05, 3.63) is 5.32 Å². The van der Waals surface area contributed by atoms with Gasteiger partial charge in [0, 0.05) is 0 Å². The summed E-state index contributed by atoms with van der Waals surface area (Å²) < 4.78 is 98.0. The summed E-state index contributed by atoms with van der Waals surface area (Å²) in [6, 6.07) is 0. The highest BCUT2D eigenvalue weighted by molar-refractivity contribution is 7.51. The van der Waals surface area contributed by atoms with Gasteiger partial charge >= 0.3 is 35.7 Å². The van der Waals surface area contributed by atoms with Crippen molar-refractivity contribution in [2.75, 3.05) is 34.3 Å². The lowest BCUT2D eigenvalue weighted by Crippen LogP contribution is -2.36. The second-order valence-electron chi connectivity index (χ2n) is 3.92. The van der Waals surface area contributed by atoms with Crippen LogP contribution in [0.3, 0.4) is 0 Å². The zero-order valence-electron chi connectivity index (χ0n) is 11.5. The Bertz CT molecular complexity index is 308. The molecule has 1 N–H and O–H groups in total. The van der Waals surface area contributed by atoms with Crippen LogP contribution >= 0.6 is 0 Å². The summed E-state index contributed by atoms with van der Waals surface area (Å²) in [4.78, 5) is 0. The van der Waals surface area contributed by atoms with Gasteiger partial charge in [0.05, 0.1) is 27.7 Å². The number of likely N-dealkylation sites (N-methyl/N-ethyl adjacent to an activating group) is 1. The third-order valence-corrected chi connectivity index (χ3v) is 1.02. The molecule has 0 radical (unpaired) electrons. The third kappa shape index (κ3) is 75.6. The Balaban J connectivity index is -0.000000110. The molecular formula is C7H14F6N2O5S2. The van der Waals surface area contributed by atoms with E-state index < -0.39 is 35.7 Å². The number of halogens is 6. The molecule has 7 nitrogen and oxygen atoms in total. The van der Waals surface area contributed by atoms with E-state index in [0.717, 1.165) is 11.0 Å². The molecule has 0 fully saturated rings. The van der Waals surface area contributed by atoms with Gasteiger partial charge in [0.25, 0.3) is 0 Å². The van der Waals surface area contributed by atoms with Crippen molar-refractivity contribution >= 4 is 23.1 Å². The van der Waals surface area contributed by atoms with Gasteiger partial charge in [-0.05, 0) is 0 Å². The van der Waals surface area contributed by atoms with Crippen molar-refractivity contribution < 1.29 is 52.8 Å². The first-order valence-electron chi connectivity index (χ1n) is 4.72. The molecule has 0 aliphatic carbocycles. The number of hydrogen-bond acceptors (Lipinski definition) is 5. The number of quaternary nitrogens is 1. The topological polar surface area (TPSA) is 103 Å². The van der Waals surface area contributed by atoms with Gasteiger partial charge in [0.2, 0.25) is 0 Å². The second-order valence-corrected chi connectivity index (χ2v) is 4.19. The smallest absolute Gasteiger partial charge is 0.335 e. The first-order valence-corrected chi connectivity index (χ1v) is 6.06. The summed E-state index contributed by atoms with van der Waals surface area (Å²) in [6.45, 7) is 1.11. The fourth-order valence-electron chi connectivity index (χ4n) is 0.444. The number of nitrogens with zero attached hydrogens (tertiary/aromatic N) is 2. The van der Waals surface area contributed by atoms with Crippen molar-refractivity contribution in [1.82, 2.24) is 0 Å². The normalized spacial score (nSPS) is 10.6. The van der Waals surface area contributed by atoms with E-state index in [9.17, 15) is 26.3 Å². The zero-order valence-corrected chi connectivity index (χ0v) is 13.1. The van der Waals surface area contributed by atoms with E-state index in [2.05, 4.69) is 21.1 Å². The van der Waals surface area contributed by atoms with Gasteiger partial charge in [0.15, 0.2) is 0 Å². The Labute approximate surface area is 129 Å². The first-order chi connectivity index (χ1) is 9.60. The van der Waals surface area contributed by atoms with E-state index in [-0.39, 0.29) is 6.61 Å². The van der Waals surface area contributed by atoms with Crippen LogP contribution in [0.15, 0.2) is 0 Å². The fourth-order valence-corrected chi connectivity index (χ4v) is 0.444. The molecule has 22 heavy (non-hydrogen) atoms. The molecule has 0 saturated heterocycles. The highest BCUT2D eigenvalue weighted by Crippen LogP contribution is 2.34. The van der Waals surface area contributed by atoms with E-state index in [4.69, 9.17) is 21.9 Å². The van der Waals surface area contributed by atoms with Crippen LogP contribution in [0.25, 0.3) is 5.32 Å². The van der Waals surface area contributed by atoms with Crippen LogP contribution in [-0.2, 0) is 23.1 Å². The summed E-state index contributed by atoms with van der Waals surface area (Å²) in [7, 11) is 6.16. The minimum absolute atomic E-state index is 0.281. The molecule has 0 atom stereocenters. The average Bonchev–Trinajstić information content (AvgIpc) is 2.12. The van der Waals surface area contributed by atoms with Gasteiger partial charge in [-0.15, -0.1) is 0 Å². The molecule has 136 valence electrons. The van der Waals surface area contributed by atoms with Gasteiger partial charge in [-0.1, -0.05) is 0 Å². The summed E-state index contributed by atoms with van der Waals surface area (Å²) in [5.41, 5.74) is 0. The number of rotatable bonds is 2. The monoisotopic (exact) mass is 384 g/mol. The van der Waals surface area contributed by atoms with Crippen molar-refractivity contribution in [3.63, 3.8) is 0 Å². The third-order valence-electron chi connectivity index (χ3n) is 1.02. The zero-order chi connectivity index (χ0) is 19.0. The molecule has 0 amide bonds. The van der Waals surface area contributed by atoms with Crippen LogP contribution in [0.2, 0.25) is 0 Å². The van der Waals surface area contributed by atoms with Crippen LogP contribution in [0.4, 0.5) is 26.3 Å². The molecule has 0 rings (SSSR count). The van der Waals surface area contributed by atoms with E-state index in [0.29, 0.717) is 5.32 Å². The maximum absolute atomic E-state index is 10.7. The Kier molecular flexibility index (Phi) is 19.9. The van der Waals surface area contributed by atoms with Crippen LogP contribution in [0.1, 0.15) is 0 Å². The predicted octanol–water partition coefficient (Wildman–Crippen LogP) is 0.744. The SMILES string of the molecule is C[N+](C)(C)CCO.FC(F)(F)[N-]C(F)(F)F.O=S=O.O=S=O. The van der Waals surface area contributed by atoms with Gasteiger partial charge in [-0.2, -0.15) is 43.2 Å². The Hall–Kier alpha value is -0.900. The van der Waals surface area contributed by atoms with E-state index in [1.807, 2.05) is 0 Å². The number of aliphatic hydroxyl groups is 1. The molecule has 0 spiro atoms. The van der Waals surface area contributed by atoms with Crippen LogP contribution in [-0.4, -0.2) is 73.3 Å². The van der Waals surface area contributed by atoms with Gasteiger partial charge in [-0.25, -0.2) is 0 Å². The fraction of sp³-hybridized carbons (Fsp3) is 1.00. The largest absolute Gasteiger partial charge is 0.478 e. The summed E-state index contributed by atoms with van der Waals surface area (Å²) in [6.07, 6.45) is -11.0. The van der Waals surface area contributed by atoms with Crippen molar-refractivity contribution in [2.24, 2.45) is 0 Å². The predicted molar refractivity (Wildman–Crippen MR) is 63.3 cm³/mol. The van der Waals surface area contributed by atoms with E-state index in [1.54, 1.807) is 0 Å². The van der Waals surface area contributed by atoms with Crippen LogP contribution in [0, 0.1) is 0 Å². The first kappa shape index (κ1) is 29.2. The number of aliphatic hydroxyl groups excluding tert-OH is 1. The van der Waals surface area contributed by atoms with Crippen molar-refractivity contribution in [1.29, 1.82) is 0 Å². The Morgan fingerprint density at radius 2 is 1.09 bits per heavy atom. The molecule has 0 aromatic rings. The lowest BCUT2D eigenvalue weighted by Gasteiger charge is -2.26. The summed E-state index contributed by atoms with van der Waals surface area (Å²) in [5.74, 6) is 0. The second kappa shape index (κ2) is 15.0. The molecule has 0 heterocycles. The standard InChI is InChI=1S/C5H14NO.C2F6N.2O2S/c1-6(2,3)4-5-7;3-1(4,5)9-2(6,7)8;2*1-3-2/h7H,4-5H2,1-3H3;;;/q+1;-1;;. The lowest BCUT2D eigenvalue weighted by atomic mass is 10.5. The summed E-state index contributed by atoms with van der Waals surface area (Å²) >= 11 is -1.50. The number of hydrogen-bond donors (Lipinski definition) is 1. The average molecular weight is 384 g/mol. The molecule has 0 saturated carbocycles. The van der Waals surface area contributed by atoms with E-state index in [1.165, 1.54) is 0 Å². The molecule has 15 heteroatoms. The molecule has 0 aliphatic rings. The minimum Gasteiger partial charge on any atom is -0.478 e. The quantitative estimate of drug-likeness (QED) is 0.430. The molecular weight excluding hydrogens is 370 g/mol. The highest BCUT2D eigenvalue weighted by atomic mass is 32.1. The van der Waals surface area contributed by atoms with Crippen LogP contribution in [0.5, 0.6) is 0 Å².